The molecule has 2 heterocycles. The molecule has 0 aliphatic rings. The van der Waals surface area contributed by atoms with Crippen LogP contribution >= 0.6 is 0 Å². The predicted octanol–water partition coefficient (Wildman–Crippen LogP) is 0.642. The molecule has 4 N–H and O–H groups in total. The average Bonchev–Trinajstić information content (AvgIpc) is 2.90. The number of nitrogens with one attached hydrogen (secondary N) is 1. The van der Waals surface area contributed by atoms with E-state index in [-0.39, 0.29) is 17.3 Å². The van der Waals surface area contributed by atoms with Crippen LogP contribution in [-0.4, -0.2) is 25.1 Å². The van der Waals surface area contributed by atoms with Crippen LogP contribution in [0.4, 0.5) is 5.82 Å². The monoisotopic (exact) mass is 297 g/mol. The van der Waals surface area contributed by atoms with E-state index < -0.39 is 15.6 Å². The van der Waals surface area contributed by atoms with Crippen LogP contribution in [0.15, 0.2) is 46.0 Å². The fourth-order valence-corrected chi connectivity index (χ4v) is 2.34. The average molecular weight is 297 g/mol. The Labute approximate surface area is 116 Å². The number of primary sulfonamides is 1. The van der Waals surface area contributed by atoms with Gasteiger partial charge in [-0.1, -0.05) is 0 Å². The Morgan fingerprint density at radius 2 is 2.20 bits per heavy atom. The highest BCUT2D eigenvalue weighted by Crippen LogP contribution is 2.23. The van der Waals surface area contributed by atoms with E-state index in [2.05, 4.69) is 10.3 Å². The summed E-state index contributed by atoms with van der Waals surface area (Å²) in [5.41, 5.74) is -1.31. The maximum Gasteiger partial charge on any atom is 0.241 e. The SMILES string of the molecule is CC(O)(CNc1ncccc1S(N)(=O)=O)c1ccco1. The van der Waals surface area contributed by atoms with Crippen LogP contribution in [0.2, 0.25) is 0 Å². The van der Waals surface area contributed by atoms with E-state index >= 15 is 0 Å². The first-order valence-electron chi connectivity index (χ1n) is 5.79. The van der Waals surface area contributed by atoms with Crippen LogP contribution in [0.1, 0.15) is 12.7 Å². The lowest BCUT2D eigenvalue weighted by Gasteiger charge is -2.22. The number of aliphatic hydroxyl groups is 1. The summed E-state index contributed by atoms with van der Waals surface area (Å²) in [6.45, 7) is 1.55. The van der Waals surface area contributed by atoms with Gasteiger partial charge in [0.1, 0.15) is 22.1 Å². The molecule has 0 saturated carbocycles. The Bertz CT molecular complexity index is 680. The Morgan fingerprint density at radius 1 is 1.45 bits per heavy atom. The molecule has 0 aromatic carbocycles. The Morgan fingerprint density at radius 3 is 2.80 bits per heavy atom. The van der Waals surface area contributed by atoms with Gasteiger partial charge >= 0.3 is 0 Å². The summed E-state index contributed by atoms with van der Waals surface area (Å²) < 4.78 is 28.0. The molecule has 0 aliphatic heterocycles. The minimum Gasteiger partial charge on any atom is -0.466 e. The number of aromatic nitrogens is 1. The fourth-order valence-electron chi connectivity index (χ4n) is 1.68. The van der Waals surface area contributed by atoms with E-state index in [1.807, 2.05) is 0 Å². The van der Waals surface area contributed by atoms with E-state index in [0.29, 0.717) is 5.76 Å². The standard InChI is InChI=1S/C12H15N3O4S/c1-12(16,10-5-3-7-19-10)8-15-11-9(20(13,17)18)4-2-6-14-11/h2-7,16H,8H2,1H3,(H,14,15)(H2,13,17,18). The maximum atomic E-state index is 11.4. The minimum atomic E-state index is -3.89. The molecule has 2 aromatic rings. The van der Waals surface area contributed by atoms with Gasteiger partial charge in [-0.25, -0.2) is 18.5 Å². The van der Waals surface area contributed by atoms with Gasteiger partial charge in [-0.2, -0.15) is 0 Å². The number of furan rings is 1. The molecular weight excluding hydrogens is 282 g/mol. The molecule has 2 rings (SSSR count). The molecule has 0 saturated heterocycles. The molecule has 0 radical (unpaired) electrons. The first-order valence-corrected chi connectivity index (χ1v) is 7.33. The number of nitrogens with zero attached hydrogens (tertiary/aromatic N) is 1. The molecule has 0 aliphatic carbocycles. The third kappa shape index (κ3) is 3.16. The molecule has 7 nitrogen and oxygen atoms in total. The number of hydrogen-bond donors (Lipinski definition) is 3. The first-order chi connectivity index (χ1) is 9.31. The van der Waals surface area contributed by atoms with Gasteiger partial charge in [0.2, 0.25) is 10.0 Å². The molecule has 108 valence electrons. The van der Waals surface area contributed by atoms with Crippen molar-refractivity contribution >= 4 is 15.8 Å². The van der Waals surface area contributed by atoms with Gasteiger partial charge in [0.15, 0.2) is 0 Å². The third-order valence-electron chi connectivity index (χ3n) is 2.73. The van der Waals surface area contributed by atoms with Crippen LogP contribution in [0.25, 0.3) is 0 Å². The summed E-state index contributed by atoms with van der Waals surface area (Å²) >= 11 is 0. The van der Waals surface area contributed by atoms with Gasteiger partial charge < -0.3 is 14.8 Å². The van der Waals surface area contributed by atoms with Crippen molar-refractivity contribution < 1.29 is 17.9 Å². The van der Waals surface area contributed by atoms with E-state index in [4.69, 9.17) is 9.56 Å². The Kier molecular flexibility index (Phi) is 3.80. The largest absolute Gasteiger partial charge is 0.466 e. The van der Waals surface area contributed by atoms with Crippen molar-refractivity contribution in [2.75, 3.05) is 11.9 Å². The topological polar surface area (TPSA) is 118 Å². The maximum absolute atomic E-state index is 11.4. The number of nitrogens with two attached hydrogens (primary N) is 1. The second-order valence-corrected chi connectivity index (χ2v) is 6.03. The molecule has 2 aromatic heterocycles. The van der Waals surface area contributed by atoms with Crippen molar-refractivity contribution in [2.45, 2.75) is 17.4 Å². The highest BCUT2D eigenvalue weighted by atomic mass is 32.2. The van der Waals surface area contributed by atoms with Crippen LogP contribution in [-0.2, 0) is 15.6 Å². The zero-order valence-corrected chi connectivity index (χ0v) is 11.6. The molecular formula is C12H15N3O4S. The summed E-state index contributed by atoms with van der Waals surface area (Å²) in [6.07, 6.45) is 2.87. The highest BCUT2D eigenvalue weighted by Gasteiger charge is 2.27. The normalized spacial score (nSPS) is 14.8. The summed E-state index contributed by atoms with van der Waals surface area (Å²) in [5.74, 6) is 0.444. The smallest absolute Gasteiger partial charge is 0.241 e. The second-order valence-electron chi connectivity index (χ2n) is 4.50. The molecule has 20 heavy (non-hydrogen) atoms. The molecule has 1 unspecified atom stereocenters. The van der Waals surface area contributed by atoms with Crippen molar-refractivity contribution in [1.82, 2.24) is 4.98 Å². The summed E-state index contributed by atoms with van der Waals surface area (Å²) in [7, 11) is -3.89. The third-order valence-corrected chi connectivity index (χ3v) is 3.67. The van der Waals surface area contributed by atoms with E-state index in [1.165, 1.54) is 24.6 Å². The van der Waals surface area contributed by atoms with Gasteiger partial charge in [0.25, 0.3) is 0 Å². The lowest BCUT2D eigenvalue weighted by atomic mass is 10.0. The lowest BCUT2D eigenvalue weighted by molar-refractivity contribution is 0.0475. The van der Waals surface area contributed by atoms with Crippen molar-refractivity contribution in [3.8, 4) is 0 Å². The molecule has 1 atom stereocenters. The molecule has 8 heteroatoms. The van der Waals surface area contributed by atoms with Gasteiger partial charge in [-0.3, -0.25) is 0 Å². The van der Waals surface area contributed by atoms with Gasteiger partial charge in [-0.15, -0.1) is 0 Å². The number of hydrogen-bond acceptors (Lipinski definition) is 6. The Hall–Kier alpha value is -1.90. The van der Waals surface area contributed by atoms with E-state index in [9.17, 15) is 13.5 Å². The van der Waals surface area contributed by atoms with Crippen LogP contribution < -0.4 is 10.5 Å². The van der Waals surface area contributed by atoms with Crippen LogP contribution in [0.3, 0.4) is 0 Å². The number of sulfonamides is 1. The van der Waals surface area contributed by atoms with Gasteiger partial charge in [-0.05, 0) is 31.2 Å². The fraction of sp³-hybridized carbons (Fsp3) is 0.250. The van der Waals surface area contributed by atoms with Crippen molar-refractivity contribution in [3.63, 3.8) is 0 Å². The number of anilines is 1. The first kappa shape index (κ1) is 14.5. The quantitative estimate of drug-likeness (QED) is 0.745. The lowest BCUT2D eigenvalue weighted by Crippen LogP contribution is -2.31. The molecule has 0 fully saturated rings. The van der Waals surface area contributed by atoms with E-state index in [1.54, 1.807) is 19.1 Å². The van der Waals surface area contributed by atoms with Crippen LogP contribution in [0.5, 0.6) is 0 Å². The van der Waals surface area contributed by atoms with Crippen molar-refractivity contribution in [3.05, 3.63) is 42.5 Å². The number of rotatable bonds is 5. The predicted molar refractivity (Wildman–Crippen MR) is 72.4 cm³/mol. The van der Waals surface area contributed by atoms with Gasteiger partial charge in [0.05, 0.1) is 12.8 Å². The second kappa shape index (κ2) is 5.23. The molecule has 0 bridgehead atoms. The van der Waals surface area contributed by atoms with E-state index in [0.717, 1.165) is 0 Å². The molecule has 0 spiro atoms. The highest BCUT2D eigenvalue weighted by molar-refractivity contribution is 7.89. The molecule has 0 amide bonds. The summed E-state index contributed by atoms with van der Waals surface area (Å²) in [4.78, 5) is 3.79. The Balaban J connectivity index is 2.20. The number of pyridine rings is 1. The summed E-state index contributed by atoms with van der Waals surface area (Å²) in [5, 5.41) is 18.1. The van der Waals surface area contributed by atoms with Crippen molar-refractivity contribution in [1.29, 1.82) is 0 Å². The minimum absolute atomic E-state index is 0.0139. The zero-order chi connectivity index (χ0) is 14.8. The van der Waals surface area contributed by atoms with Crippen molar-refractivity contribution in [2.24, 2.45) is 5.14 Å². The van der Waals surface area contributed by atoms with Gasteiger partial charge in [0, 0.05) is 6.20 Å². The van der Waals surface area contributed by atoms with Crippen LogP contribution in [0, 0.1) is 0 Å². The summed E-state index contributed by atoms with van der Waals surface area (Å²) in [6, 6.07) is 6.09. The zero-order valence-electron chi connectivity index (χ0n) is 10.8.